The predicted molar refractivity (Wildman–Crippen MR) is 78.7 cm³/mol. The van der Waals surface area contributed by atoms with Gasteiger partial charge in [-0.15, -0.1) is 11.3 Å². The van der Waals surface area contributed by atoms with Crippen LogP contribution in [-0.4, -0.2) is 15.1 Å². The van der Waals surface area contributed by atoms with E-state index in [0.717, 1.165) is 10.7 Å². The largest absolute Gasteiger partial charge is 0.386 e. The highest BCUT2D eigenvalue weighted by Gasteiger charge is 2.19. The third kappa shape index (κ3) is 3.75. The number of hydrogen-bond acceptors (Lipinski definition) is 4. The Labute approximate surface area is 122 Å². The van der Waals surface area contributed by atoms with Crippen molar-refractivity contribution in [3.8, 4) is 0 Å². The smallest absolute Gasteiger partial charge is 0.102 e. The van der Waals surface area contributed by atoms with E-state index in [0.29, 0.717) is 17.1 Å². The first-order valence-corrected chi connectivity index (χ1v) is 7.36. The lowest BCUT2D eigenvalue weighted by Crippen LogP contribution is -2.12. The van der Waals surface area contributed by atoms with Crippen LogP contribution in [0.4, 0.5) is 0 Å². The van der Waals surface area contributed by atoms with Crippen molar-refractivity contribution in [2.75, 3.05) is 0 Å². The minimum Gasteiger partial charge on any atom is -0.386 e. The van der Waals surface area contributed by atoms with Crippen LogP contribution in [0.3, 0.4) is 0 Å². The van der Waals surface area contributed by atoms with Gasteiger partial charge in [0, 0.05) is 23.4 Å². The summed E-state index contributed by atoms with van der Waals surface area (Å²) in [6, 6.07) is 3.47. The number of nitrogens with zero attached hydrogens (tertiary/aromatic N) is 2. The minimum atomic E-state index is -0.642. The van der Waals surface area contributed by atoms with Crippen LogP contribution in [0.2, 0.25) is 5.02 Å². The van der Waals surface area contributed by atoms with Gasteiger partial charge in [-0.1, -0.05) is 32.4 Å². The van der Waals surface area contributed by atoms with Gasteiger partial charge in [-0.2, -0.15) is 0 Å². The van der Waals surface area contributed by atoms with Crippen molar-refractivity contribution in [3.05, 3.63) is 45.1 Å². The van der Waals surface area contributed by atoms with E-state index in [9.17, 15) is 5.11 Å². The number of rotatable bonds is 3. The van der Waals surface area contributed by atoms with Crippen LogP contribution in [0, 0.1) is 0 Å². The molecule has 1 unspecified atom stereocenters. The third-order valence-electron chi connectivity index (χ3n) is 2.78. The van der Waals surface area contributed by atoms with Crippen LogP contribution >= 0.6 is 22.9 Å². The summed E-state index contributed by atoms with van der Waals surface area (Å²) in [6.07, 6.45) is 1.38. The maximum Gasteiger partial charge on any atom is 0.102 e. The van der Waals surface area contributed by atoms with Gasteiger partial charge in [0.2, 0.25) is 0 Å². The van der Waals surface area contributed by atoms with Gasteiger partial charge in [-0.25, -0.2) is 4.98 Å². The lowest BCUT2D eigenvalue weighted by Gasteiger charge is -2.14. The number of thiazole rings is 1. The first-order valence-electron chi connectivity index (χ1n) is 6.10. The van der Waals surface area contributed by atoms with Crippen LogP contribution in [-0.2, 0) is 11.8 Å². The molecular formula is C14H17ClN2OS. The zero-order chi connectivity index (χ0) is 14.0. The first-order chi connectivity index (χ1) is 8.86. The normalized spacial score (nSPS) is 13.5. The van der Waals surface area contributed by atoms with E-state index < -0.39 is 6.10 Å². The van der Waals surface area contributed by atoms with Crippen molar-refractivity contribution in [1.29, 1.82) is 0 Å². The van der Waals surface area contributed by atoms with E-state index in [4.69, 9.17) is 11.6 Å². The molecule has 1 N–H and O–H groups in total. The Hall–Kier alpha value is -0.970. The van der Waals surface area contributed by atoms with E-state index >= 15 is 0 Å². The van der Waals surface area contributed by atoms with Crippen LogP contribution in [0.1, 0.15) is 43.3 Å². The number of aromatic nitrogens is 2. The summed E-state index contributed by atoms with van der Waals surface area (Å²) in [5.74, 6) is 0. The molecule has 2 aromatic heterocycles. The molecule has 19 heavy (non-hydrogen) atoms. The molecule has 3 nitrogen and oxygen atoms in total. The highest BCUT2D eigenvalue weighted by Crippen LogP contribution is 2.26. The van der Waals surface area contributed by atoms with Crippen LogP contribution in [0.15, 0.2) is 23.7 Å². The summed E-state index contributed by atoms with van der Waals surface area (Å²) in [4.78, 5) is 8.69. The molecule has 2 aromatic rings. The Kier molecular flexibility index (Phi) is 4.23. The minimum absolute atomic E-state index is 0.0399. The van der Waals surface area contributed by atoms with Crippen molar-refractivity contribution in [1.82, 2.24) is 9.97 Å². The van der Waals surface area contributed by atoms with E-state index in [1.54, 1.807) is 29.7 Å². The predicted octanol–water partition coefficient (Wildman–Crippen LogP) is 3.77. The lowest BCUT2D eigenvalue weighted by molar-refractivity contribution is 0.173. The highest BCUT2D eigenvalue weighted by molar-refractivity contribution is 7.09. The number of halogens is 1. The molecular weight excluding hydrogens is 280 g/mol. The van der Waals surface area contributed by atoms with E-state index in [2.05, 4.69) is 36.1 Å². The summed E-state index contributed by atoms with van der Waals surface area (Å²) in [5.41, 5.74) is 1.72. The lowest BCUT2D eigenvalue weighted by atomic mass is 9.93. The SMILES string of the molecule is CC(C)(C)c1csc(CC(O)c2ccc(Cl)cn2)n1. The average molecular weight is 297 g/mol. The first kappa shape index (κ1) is 14.4. The van der Waals surface area contributed by atoms with Crippen molar-refractivity contribution in [2.45, 2.75) is 38.7 Å². The van der Waals surface area contributed by atoms with Crippen LogP contribution in [0.5, 0.6) is 0 Å². The zero-order valence-corrected chi connectivity index (χ0v) is 12.8. The summed E-state index contributed by atoms with van der Waals surface area (Å²) in [6.45, 7) is 6.38. The van der Waals surface area contributed by atoms with Crippen LogP contribution in [0.25, 0.3) is 0 Å². The van der Waals surface area contributed by atoms with Gasteiger partial charge in [-0.05, 0) is 12.1 Å². The fraction of sp³-hybridized carbons (Fsp3) is 0.429. The average Bonchev–Trinajstić information content (AvgIpc) is 2.78. The molecule has 0 fully saturated rings. The topological polar surface area (TPSA) is 46.0 Å². The molecule has 102 valence electrons. The summed E-state index contributed by atoms with van der Waals surface area (Å²) in [5, 5.41) is 13.7. The van der Waals surface area contributed by atoms with E-state index in [-0.39, 0.29) is 5.41 Å². The van der Waals surface area contributed by atoms with Crippen molar-refractivity contribution < 1.29 is 5.11 Å². The van der Waals surface area contributed by atoms with Gasteiger partial charge >= 0.3 is 0 Å². The summed E-state index contributed by atoms with van der Waals surface area (Å²) >= 11 is 7.35. The molecule has 2 rings (SSSR count). The molecule has 2 heterocycles. The second-order valence-corrected chi connectivity index (χ2v) is 6.88. The third-order valence-corrected chi connectivity index (χ3v) is 3.87. The van der Waals surface area contributed by atoms with Gasteiger partial charge in [0.25, 0.3) is 0 Å². The molecule has 0 amide bonds. The molecule has 0 spiro atoms. The van der Waals surface area contributed by atoms with Gasteiger partial charge in [0.15, 0.2) is 0 Å². The Bertz CT molecular complexity index is 545. The van der Waals surface area contributed by atoms with Crippen molar-refractivity contribution in [2.24, 2.45) is 0 Å². The molecule has 0 aromatic carbocycles. The Balaban J connectivity index is 2.08. The molecule has 0 saturated carbocycles. The second kappa shape index (κ2) is 5.57. The van der Waals surface area contributed by atoms with Crippen LogP contribution < -0.4 is 0 Å². The fourth-order valence-corrected chi connectivity index (χ4v) is 2.77. The number of aliphatic hydroxyl groups excluding tert-OH is 1. The molecule has 0 radical (unpaired) electrons. The zero-order valence-electron chi connectivity index (χ0n) is 11.2. The Morgan fingerprint density at radius 3 is 2.63 bits per heavy atom. The van der Waals surface area contributed by atoms with Gasteiger partial charge in [0.05, 0.1) is 21.4 Å². The standard InChI is InChI=1S/C14H17ClN2OS/c1-14(2,3)12-8-19-13(17-12)6-11(18)10-5-4-9(15)7-16-10/h4-5,7-8,11,18H,6H2,1-3H3. The van der Waals surface area contributed by atoms with Gasteiger partial charge in [-0.3, -0.25) is 4.98 Å². The second-order valence-electron chi connectivity index (χ2n) is 5.50. The van der Waals surface area contributed by atoms with Gasteiger partial charge in [0.1, 0.15) is 6.10 Å². The monoisotopic (exact) mass is 296 g/mol. The van der Waals surface area contributed by atoms with Crippen molar-refractivity contribution in [3.63, 3.8) is 0 Å². The number of pyridine rings is 1. The summed E-state index contributed by atoms with van der Waals surface area (Å²) in [7, 11) is 0. The molecule has 0 aliphatic heterocycles. The number of hydrogen-bond donors (Lipinski definition) is 1. The molecule has 0 aliphatic carbocycles. The fourth-order valence-electron chi connectivity index (χ4n) is 1.60. The molecule has 0 bridgehead atoms. The maximum atomic E-state index is 10.1. The quantitative estimate of drug-likeness (QED) is 0.938. The summed E-state index contributed by atoms with van der Waals surface area (Å²) < 4.78 is 0. The van der Waals surface area contributed by atoms with E-state index in [1.807, 2.05) is 0 Å². The van der Waals surface area contributed by atoms with E-state index in [1.165, 1.54) is 0 Å². The number of aliphatic hydroxyl groups is 1. The van der Waals surface area contributed by atoms with Gasteiger partial charge < -0.3 is 5.11 Å². The molecule has 0 saturated heterocycles. The highest BCUT2D eigenvalue weighted by atomic mass is 35.5. The molecule has 1 atom stereocenters. The Morgan fingerprint density at radius 2 is 2.11 bits per heavy atom. The maximum absolute atomic E-state index is 10.1. The molecule has 5 heteroatoms. The molecule has 0 aliphatic rings. The Morgan fingerprint density at radius 1 is 1.37 bits per heavy atom. The van der Waals surface area contributed by atoms with Crippen molar-refractivity contribution >= 4 is 22.9 Å².